The fraction of sp³-hybridized carbons (Fsp3) is 0.375. The van der Waals surface area contributed by atoms with E-state index in [-0.39, 0.29) is 49.3 Å². The minimum absolute atomic E-state index is 0.109. The molecule has 316 valence electrons. The lowest BCUT2D eigenvalue weighted by atomic mass is 9.95. The Morgan fingerprint density at radius 3 is 1.90 bits per heavy atom. The number of fused-ring (bicyclic) bond motifs is 3. The number of rotatable bonds is 19. The highest BCUT2D eigenvalue weighted by molar-refractivity contribution is 5.95. The van der Waals surface area contributed by atoms with Crippen LogP contribution in [0.5, 0.6) is 0 Å². The van der Waals surface area contributed by atoms with Crippen LogP contribution in [0.4, 0.5) is 9.59 Å². The number of carbonyl (C=O) groups excluding carboxylic acids is 6. The highest BCUT2D eigenvalue weighted by atomic mass is 16.6. The fourth-order valence-corrected chi connectivity index (χ4v) is 7.04. The summed E-state index contributed by atoms with van der Waals surface area (Å²) >= 11 is 0. The normalized spacial score (nSPS) is 13.4. The van der Waals surface area contributed by atoms with Crippen molar-refractivity contribution in [1.29, 1.82) is 0 Å². The first kappa shape index (κ1) is 44.8. The van der Waals surface area contributed by atoms with Gasteiger partial charge in [-0.05, 0) is 92.5 Å². The number of aryl methyl sites for hydroxylation is 1. The van der Waals surface area contributed by atoms with Gasteiger partial charge in [0.15, 0.2) is 11.6 Å². The van der Waals surface area contributed by atoms with E-state index in [0.717, 1.165) is 33.4 Å². The van der Waals surface area contributed by atoms with Gasteiger partial charge in [0.25, 0.3) is 5.91 Å². The van der Waals surface area contributed by atoms with Crippen LogP contribution >= 0.6 is 0 Å². The van der Waals surface area contributed by atoms with Crippen molar-refractivity contribution in [2.24, 2.45) is 5.92 Å². The zero-order valence-electron chi connectivity index (χ0n) is 35.0. The summed E-state index contributed by atoms with van der Waals surface area (Å²) in [5, 5.41) is 11.0. The number of hydrogen-bond acceptors (Lipinski definition) is 8. The fourth-order valence-electron chi connectivity index (χ4n) is 7.04. The number of alkyl carbamates (subject to hydrolysis) is 2. The lowest BCUT2D eigenvalue weighted by molar-refractivity contribution is -0.132. The molecule has 4 aromatic rings. The monoisotopic (exact) mass is 816 g/mol. The first-order valence-electron chi connectivity index (χ1n) is 20.5. The summed E-state index contributed by atoms with van der Waals surface area (Å²) in [5.41, 5.74) is 5.98. The van der Waals surface area contributed by atoms with Crippen molar-refractivity contribution in [3.8, 4) is 11.1 Å². The molecule has 3 atom stereocenters. The highest BCUT2D eigenvalue weighted by Gasteiger charge is 2.30. The van der Waals surface area contributed by atoms with Crippen LogP contribution in [0.15, 0.2) is 103 Å². The van der Waals surface area contributed by atoms with Crippen LogP contribution in [0.3, 0.4) is 0 Å². The Morgan fingerprint density at radius 2 is 1.27 bits per heavy atom. The summed E-state index contributed by atoms with van der Waals surface area (Å²) in [6.07, 6.45) is -0.0338. The number of carbonyl (C=O) groups is 6. The Balaban J connectivity index is 1.07. The molecule has 0 heterocycles. The zero-order valence-corrected chi connectivity index (χ0v) is 35.0. The molecule has 4 N–H and O–H groups in total. The Labute approximate surface area is 352 Å². The van der Waals surface area contributed by atoms with Gasteiger partial charge in [-0.25, -0.2) is 9.59 Å². The van der Waals surface area contributed by atoms with Crippen LogP contribution in [-0.4, -0.2) is 72.9 Å². The largest absolute Gasteiger partial charge is 0.449 e. The second-order valence-corrected chi connectivity index (χ2v) is 16.2. The molecule has 4 aromatic carbocycles. The Bertz CT molecular complexity index is 2080. The van der Waals surface area contributed by atoms with Crippen LogP contribution in [0, 0.1) is 5.92 Å². The Kier molecular flexibility index (Phi) is 15.8. The van der Waals surface area contributed by atoms with Gasteiger partial charge in [-0.3, -0.25) is 19.2 Å². The summed E-state index contributed by atoms with van der Waals surface area (Å²) in [6, 6.07) is 30.7. The topological polar surface area (TPSA) is 169 Å². The number of amides is 4. The van der Waals surface area contributed by atoms with E-state index in [2.05, 4.69) is 33.4 Å². The second-order valence-electron chi connectivity index (χ2n) is 16.2. The number of Topliss-reactive ketones (excluding diaryl/α,β-unsaturated/α-hetero) is 2. The third-order valence-corrected chi connectivity index (χ3v) is 10.3. The van der Waals surface area contributed by atoms with Gasteiger partial charge in [0.1, 0.15) is 12.2 Å². The van der Waals surface area contributed by atoms with Gasteiger partial charge in [0, 0.05) is 43.3 Å². The van der Waals surface area contributed by atoms with Crippen molar-refractivity contribution in [3.05, 3.63) is 131 Å². The standard InChI is InChI=1S/C48H56N4O8/c1-31(28-43(54)32(2)51-47(58)59-30-40-38-18-11-9-16-36(38)37-17-10-12-19-39(37)40)44(55)52-41(29-34-14-7-6-8-15-34)42(53)25-22-33-20-23-35(24-21-33)45(56)49-26-13-27-50-46(57)60-48(3,4)5/h6-12,14-21,23-24,31-32,40-41H,13,22,25-30H2,1-5H3,(H,49,56)(H,50,57)(H,51,58)(H,52,55). The molecule has 0 saturated heterocycles. The molecule has 60 heavy (non-hydrogen) atoms. The van der Waals surface area contributed by atoms with Gasteiger partial charge < -0.3 is 30.7 Å². The maximum Gasteiger partial charge on any atom is 0.407 e. The van der Waals surface area contributed by atoms with Crippen molar-refractivity contribution < 1.29 is 38.2 Å². The van der Waals surface area contributed by atoms with Crippen LogP contribution in [0.1, 0.15) is 92.4 Å². The molecule has 0 spiro atoms. The van der Waals surface area contributed by atoms with Crippen LogP contribution in [0.25, 0.3) is 11.1 Å². The average molecular weight is 817 g/mol. The minimum Gasteiger partial charge on any atom is -0.449 e. The number of nitrogens with one attached hydrogen (secondary N) is 4. The highest BCUT2D eigenvalue weighted by Crippen LogP contribution is 2.44. The molecular weight excluding hydrogens is 761 g/mol. The molecule has 1 aliphatic carbocycles. The second kappa shape index (κ2) is 21.1. The first-order valence-corrected chi connectivity index (χ1v) is 20.5. The van der Waals surface area contributed by atoms with Gasteiger partial charge in [-0.1, -0.05) is 97.9 Å². The van der Waals surface area contributed by atoms with Crippen LogP contribution < -0.4 is 21.3 Å². The molecular formula is C48H56N4O8. The van der Waals surface area contributed by atoms with Gasteiger partial charge in [0.05, 0.1) is 12.1 Å². The molecule has 0 saturated carbocycles. The SMILES string of the molecule is CC(CC(=O)C(C)NC(=O)OCC1c2ccccc2-c2ccccc21)C(=O)NC(Cc1ccccc1)C(=O)CCc1ccc(C(=O)NCCCNC(=O)OC(C)(C)C)cc1. The van der Waals surface area contributed by atoms with Gasteiger partial charge in [-0.2, -0.15) is 0 Å². The van der Waals surface area contributed by atoms with Crippen molar-refractivity contribution in [2.45, 2.75) is 90.3 Å². The van der Waals surface area contributed by atoms with E-state index < -0.39 is 41.7 Å². The lowest BCUT2D eigenvalue weighted by Crippen LogP contribution is -2.46. The van der Waals surface area contributed by atoms with Gasteiger partial charge in [0.2, 0.25) is 5.91 Å². The van der Waals surface area contributed by atoms with Crippen molar-refractivity contribution >= 4 is 35.6 Å². The number of hydrogen-bond donors (Lipinski definition) is 4. The van der Waals surface area contributed by atoms with E-state index in [1.165, 1.54) is 0 Å². The lowest BCUT2D eigenvalue weighted by Gasteiger charge is -2.21. The molecule has 1 aliphatic rings. The quantitative estimate of drug-likeness (QED) is 0.0728. The number of ether oxygens (including phenoxy) is 2. The molecule has 12 heteroatoms. The Morgan fingerprint density at radius 1 is 0.667 bits per heavy atom. The van der Waals surface area contributed by atoms with Crippen molar-refractivity contribution in [3.63, 3.8) is 0 Å². The summed E-state index contributed by atoms with van der Waals surface area (Å²) in [7, 11) is 0. The predicted molar refractivity (Wildman–Crippen MR) is 229 cm³/mol. The van der Waals surface area contributed by atoms with E-state index in [0.29, 0.717) is 31.5 Å². The number of ketones is 2. The molecule has 4 amide bonds. The maximum absolute atomic E-state index is 13.6. The van der Waals surface area contributed by atoms with Gasteiger partial charge in [-0.15, -0.1) is 0 Å². The van der Waals surface area contributed by atoms with Crippen LogP contribution in [-0.2, 0) is 36.7 Å². The van der Waals surface area contributed by atoms with E-state index >= 15 is 0 Å². The smallest absolute Gasteiger partial charge is 0.407 e. The van der Waals surface area contributed by atoms with E-state index in [1.807, 2.05) is 66.7 Å². The van der Waals surface area contributed by atoms with Crippen molar-refractivity contribution in [1.82, 2.24) is 21.3 Å². The third-order valence-electron chi connectivity index (χ3n) is 10.3. The summed E-state index contributed by atoms with van der Waals surface area (Å²) in [4.78, 5) is 77.6. The predicted octanol–water partition coefficient (Wildman–Crippen LogP) is 7.08. The molecule has 0 aliphatic heterocycles. The van der Waals surface area contributed by atoms with E-state index in [9.17, 15) is 28.8 Å². The molecule has 0 fully saturated rings. The maximum atomic E-state index is 13.6. The molecule has 0 bridgehead atoms. The first-order chi connectivity index (χ1) is 28.7. The van der Waals surface area contributed by atoms with Crippen LogP contribution in [0.2, 0.25) is 0 Å². The summed E-state index contributed by atoms with van der Waals surface area (Å²) in [6.45, 7) is 9.37. The Hall–Kier alpha value is -6.30. The third kappa shape index (κ3) is 13.1. The van der Waals surface area contributed by atoms with Crippen molar-refractivity contribution in [2.75, 3.05) is 19.7 Å². The summed E-state index contributed by atoms with van der Waals surface area (Å²) in [5.74, 6) is -2.10. The zero-order chi connectivity index (χ0) is 43.2. The average Bonchev–Trinajstić information content (AvgIpc) is 3.54. The van der Waals surface area contributed by atoms with E-state index in [1.54, 1.807) is 58.9 Å². The summed E-state index contributed by atoms with van der Waals surface area (Å²) < 4.78 is 10.8. The minimum atomic E-state index is -0.900. The van der Waals surface area contributed by atoms with E-state index in [4.69, 9.17) is 9.47 Å². The number of benzene rings is 4. The van der Waals surface area contributed by atoms with Gasteiger partial charge >= 0.3 is 12.2 Å². The molecule has 0 aromatic heterocycles. The molecule has 5 rings (SSSR count). The molecule has 12 nitrogen and oxygen atoms in total. The molecule has 3 unspecified atom stereocenters. The molecule has 0 radical (unpaired) electrons.